The van der Waals surface area contributed by atoms with Gasteiger partial charge < -0.3 is 4.74 Å². The fourth-order valence-electron chi connectivity index (χ4n) is 3.28. The molecule has 3 rings (SSSR count). The van der Waals surface area contributed by atoms with Crippen molar-refractivity contribution in [2.45, 2.75) is 33.2 Å². The number of anilines is 1. The van der Waals surface area contributed by atoms with Crippen LogP contribution in [0.4, 0.5) is 5.69 Å². The van der Waals surface area contributed by atoms with E-state index in [1.165, 1.54) is 0 Å². The number of hydrogen-bond acceptors (Lipinski definition) is 5. The SMILES string of the molecule is COc1ccc([C@@H]2CC(c3cccc(NS(C)(=O)=O)c3)=NN2C(=O)C(C)(C)C)cc1. The molecular formula is C22H27N3O4S. The Morgan fingerprint density at radius 3 is 2.40 bits per heavy atom. The Bertz CT molecular complexity index is 1070. The average Bonchev–Trinajstić information content (AvgIpc) is 3.11. The van der Waals surface area contributed by atoms with Crippen LogP contribution >= 0.6 is 0 Å². The van der Waals surface area contributed by atoms with E-state index >= 15 is 0 Å². The molecule has 1 N–H and O–H groups in total. The number of carbonyl (C=O) groups is 1. The Morgan fingerprint density at radius 1 is 1.17 bits per heavy atom. The summed E-state index contributed by atoms with van der Waals surface area (Å²) in [7, 11) is -1.78. The zero-order chi connectivity index (χ0) is 22.1. The summed E-state index contributed by atoms with van der Waals surface area (Å²) in [6.07, 6.45) is 1.63. The van der Waals surface area contributed by atoms with E-state index in [0.29, 0.717) is 12.1 Å². The Morgan fingerprint density at radius 2 is 1.83 bits per heavy atom. The Hall–Kier alpha value is -2.87. The second-order valence-corrected chi connectivity index (χ2v) is 10.1. The van der Waals surface area contributed by atoms with Crippen molar-refractivity contribution in [2.75, 3.05) is 18.1 Å². The third-order valence-electron chi connectivity index (χ3n) is 4.76. The maximum Gasteiger partial charge on any atom is 0.248 e. The molecule has 0 aromatic heterocycles. The van der Waals surface area contributed by atoms with Crippen molar-refractivity contribution < 1.29 is 17.9 Å². The molecule has 1 aliphatic rings. The van der Waals surface area contributed by atoms with E-state index in [9.17, 15) is 13.2 Å². The minimum Gasteiger partial charge on any atom is -0.497 e. The van der Waals surface area contributed by atoms with Crippen LogP contribution in [0.2, 0.25) is 0 Å². The van der Waals surface area contributed by atoms with E-state index in [4.69, 9.17) is 4.74 Å². The Kier molecular flexibility index (Phi) is 5.90. The first-order chi connectivity index (χ1) is 14.0. The minimum absolute atomic E-state index is 0.0799. The second-order valence-electron chi connectivity index (χ2n) is 8.39. The zero-order valence-corrected chi connectivity index (χ0v) is 18.7. The molecule has 2 aromatic rings. The molecule has 8 heteroatoms. The maximum absolute atomic E-state index is 13.1. The average molecular weight is 430 g/mol. The number of rotatable bonds is 5. The minimum atomic E-state index is -3.39. The molecule has 2 aromatic carbocycles. The molecule has 0 saturated heterocycles. The summed E-state index contributed by atoms with van der Waals surface area (Å²) in [6, 6.07) is 14.4. The molecule has 0 unspecified atom stereocenters. The van der Waals surface area contributed by atoms with Crippen LogP contribution in [0.5, 0.6) is 5.75 Å². The number of ether oxygens (including phenoxy) is 1. The predicted octanol–water partition coefficient (Wildman–Crippen LogP) is 3.79. The van der Waals surface area contributed by atoms with Gasteiger partial charge in [0, 0.05) is 17.5 Å². The highest BCUT2D eigenvalue weighted by atomic mass is 32.2. The summed E-state index contributed by atoms with van der Waals surface area (Å²) in [5.41, 5.74) is 2.32. The molecule has 0 spiro atoms. The van der Waals surface area contributed by atoms with Crippen molar-refractivity contribution in [3.63, 3.8) is 0 Å². The molecule has 30 heavy (non-hydrogen) atoms. The van der Waals surface area contributed by atoms with Gasteiger partial charge in [-0.05, 0) is 35.4 Å². The normalized spacial score (nSPS) is 16.9. The molecule has 0 saturated carbocycles. The number of sulfonamides is 1. The van der Waals surface area contributed by atoms with Gasteiger partial charge in [-0.2, -0.15) is 5.10 Å². The fourth-order valence-corrected chi connectivity index (χ4v) is 3.83. The smallest absolute Gasteiger partial charge is 0.248 e. The Labute approximate surface area is 177 Å². The highest BCUT2D eigenvalue weighted by Gasteiger charge is 2.38. The van der Waals surface area contributed by atoms with Crippen molar-refractivity contribution in [2.24, 2.45) is 10.5 Å². The zero-order valence-electron chi connectivity index (χ0n) is 17.8. The van der Waals surface area contributed by atoms with Gasteiger partial charge in [-0.3, -0.25) is 9.52 Å². The van der Waals surface area contributed by atoms with E-state index in [2.05, 4.69) is 9.82 Å². The van der Waals surface area contributed by atoms with Gasteiger partial charge in [-0.1, -0.05) is 45.0 Å². The van der Waals surface area contributed by atoms with Crippen LogP contribution < -0.4 is 9.46 Å². The molecule has 1 atom stereocenters. The number of methoxy groups -OCH3 is 1. The van der Waals surface area contributed by atoms with Gasteiger partial charge >= 0.3 is 0 Å². The van der Waals surface area contributed by atoms with Gasteiger partial charge in [-0.25, -0.2) is 13.4 Å². The van der Waals surface area contributed by atoms with Crippen LogP contribution in [0.1, 0.15) is 44.4 Å². The highest BCUT2D eigenvalue weighted by Crippen LogP contribution is 2.36. The van der Waals surface area contributed by atoms with E-state index in [-0.39, 0.29) is 11.9 Å². The number of benzene rings is 2. The first-order valence-electron chi connectivity index (χ1n) is 9.61. The van der Waals surface area contributed by atoms with Gasteiger partial charge in [0.2, 0.25) is 15.9 Å². The number of nitrogens with zero attached hydrogens (tertiary/aromatic N) is 2. The summed E-state index contributed by atoms with van der Waals surface area (Å²) in [4.78, 5) is 13.1. The van der Waals surface area contributed by atoms with Crippen LogP contribution in [-0.4, -0.2) is 38.4 Å². The summed E-state index contributed by atoms with van der Waals surface area (Å²) >= 11 is 0. The quantitative estimate of drug-likeness (QED) is 0.783. The van der Waals surface area contributed by atoms with Crippen molar-refractivity contribution in [1.82, 2.24) is 5.01 Å². The molecule has 1 heterocycles. The van der Waals surface area contributed by atoms with Gasteiger partial charge in [0.1, 0.15) is 5.75 Å². The summed E-state index contributed by atoms with van der Waals surface area (Å²) in [6.45, 7) is 5.60. The molecule has 160 valence electrons. The topological polar surface area (TPSA) is 88.1 Å². The van der Waals surface area contributed by atoms with E-state index in [1.807, 2.05) is 51.1 Å². The molecule has 1 aliphatic heterocycles. The molecule has 7 nitrogen and oxygen atoms in total. The van der Waals surface area contributed by atoms with Crippen molar-refractivity contribution in [1.29, 1.82) is 0 Å². The molecule has 0 radical (unpaired) electrons. The van der Waals surface area contributed by atoms with E-state index in [0.717, 1.165) is 28.8 Å². The van der Waals surface area contributed by atoms with Crippen molar-refractivity contribution >= 4 is 27.3 Å². The van der Waals surface area contributed by atoms with Crippen LogP contribution in [-0.2, 0) is 14.8 Å². The molecule has 0 fully saturated rings. The maximum atomic E-state index is 13.1. The van der Waals surface area contributed by atoms with Crippen LogP contribution in [0.3, 0.4) is 0 Å². The van der Waals surface area contributed by atoms with Gasteiger partial charge in [0.05, 0.1) is 25.1 Å². The lowest BCUT2D eigenvalue weighted by molar-refractivity contribution is -0.141. The number of nitrogens with one attached hydrogen (secondary N) is 1. The monoisotopic (exact) mass is 429 g/mol. The van der Waals surface area contributed by atoms with Gasteiger partial charge in [0.25, 0.3) is 0 Å². The lowest BCUT2D eigenvalue weighted by Gasteiger charge is -2.28. The lowest BCUT2D eigenvalue weighted by atomic mass is 9.93. The van der Waals surface area contributed by atoms with Gasteiger partial charge in [0.15, 0.2) is 0 Å². The number of hydrazone groups is 1. The van der Waals surface area contributed by atoms with E-state index < -0.39 is 15.4 Å². The summed E-state index contributed by atoms with van der Waals surface area (Å²) in [5.74, 6) is 0.662. The molecule has 0 bridgehead atoms. The lowest BCUT2D eigenvalue weighted by Crippen LogP contribution is -2.36. The summed E-state index contributed by atoms with van der Waals surface area (Å²) in [5, 5.41) is 6.20. The van der Waals surface area contributed by atoms with Crippen molar-refractivity contribution in [3.05, 3.63) is 59.7 Å². The Balaban J connectivity index is 1.98. The molecular weight excluding hydrogens is 402 g/mol. The summed E-state index contributed by atoms with van der Waals surface area (Å²) < 4.78 is 30.9. The number of carbonyl (C=O) groups excluding carboxylic acids is 1. The van der Waals surface area contributed by atoms with Gasteiger partial charge in [-0.15, -0.1) is 0 Å². The van der Waals surface area contributed by atoms with Crippen LogP contribution in [0, 0.1) is 5.41 Å². The van der Waals surface area contributed by atoms with Crippen LogP contribution in [0.25, 0.3) is 0 Å². The fraction of sp³-hybridized carbons (Fsp3) is 0.364. The van der Waals surface area contributed by atoms with Crippen molar-refractivity contribution in [3.8, 4) is 5.75 Å². The predicted molar refractivity (Wildman–Crippen MR) is 118 cm³/mol. The molecule has 0 aliphatic carbocycles. The molecule has 1 amide bonds. The second kappa shape index (κ2) is 8.10. The third-order valence-corrected chi connectivity index (χ3v) is 5.37. The first-order valence-corrected chi connectivity index (χ1v) is 11.5. The third kappa shape index (κ3) is 4.99. The highest BCUT2D eigenvalue weighted by molar-refractivity contribution is 7.92. The van der Waals surface area contributed by atoms with Crippen LogP contribution in [0.15, 0.2) is 53.6 Å². The number of hydrogen-bond donors (Lipinski definition) is 1. The number of amides is 1. The first kappa shape index (κ1) is 21.8. The standard InChI is InChI=1S/C22H27N3O4S/c1-22(2,3)21(26)25-20(15-9-11-18(29-4)12-10-15)14-19(23-25)16-7-6-8-17(13-16)24-30(5,27)28/h6-13,20,24H,14H2,1-5H3/t20-/m0/s1. The van der Waals surface area contributed by atoms with E-state index in [1.54, 1.807) is 30.3 Å². The largest absolute Gasteiger partial charge is 0.497 e.